The number of ether oxygens (including phenoxy) is 3. The molecule has 0 spiro atoms. The van der Waals surface area contributed by atoms with Crippen LogP contribution in [0.15, 0.2) is 41.8 Å². The molecule has 1 aromatic carbocycles. The van der Waals surface area contributed by atoms with Gasteiger partial charge in [0.15, 0.2) is 0 Å². The number of carbonyl (C=O) groups excluding carboxylic acids is 3. The minimum absolute atomic E-state index is 0. The van der Waals surface area contributed by atoms with Crippen LogP contribution in [0.3, 0.4) is 0 Å². The van der Waals surface area contributed by atoms with Crippen molar-refractivity contribution >= 4 is 70.5 Å². The van der Waals surface area contributed by atoms with Crippen LogP contribution >= 0.6 is 22.9 Å². The second-order valence-corrected chi connectivity index (χ2v) is 6.30. The Hall–Kier alpha value is -1.58. The number of hydrogen-bond acceptors (Lipinski definition) is 7. The first kappa shape index (κ1) is 23.5. The molecule has 0 radical (unpaired) electrons. The Morgan fingerprint density at radius 1 is 1.07 bits per heavy atom. The summed E-state index contributed by atoms with van der Waals surface area (Å²) in [6.07, 6.45) is -0.248. The third-order valence-corrected chi connectivity index (χ3v) is 4.08. The SMILES string of the molecule is O=C(CCCNC(=O)OCOC(=O)c1cccs1)Oc1ccc(Cl)cc1.[NaH]. The molecule has 0 saturated carbocycles. The Labute approximate surface area is 187 Å². The van der Waals surface area contributed by atoms with Gasteiger partial charge in [0.05, 0.1) is 0 Å². The normalized spacial score (nSPS) is 9.67. The van der Waals surface area contributed by atoms with E-state index in [9.17, 15) is 14.4 Å². The number of amides is 1. The molecule has 10 heteroatoms. The van der Waals surface area contributed by atoms with Gasteiger partial charge in [-0.3, -0.25) is 4.79 Å². The van der Waals surface area contributed by atoms with Gasteiger partial charge in [0.2, 0.25) is 6.79 Å². The molecule has 0 saturated heterocycles. The van der Waals surface area contributed by atoms with Gasteiger partial charge in [0.1, 0.15) is 10.6 Å². The second kappa shape index (κ2) is 12.7. The molecule has 27 heavy (non-hydrogen) atoms. The van der Waals surface area contributed by atoms with Crippen LogP contribution in [0.1, 0.15) is 22.5 Å². The Balaban J connectivity index is 0.00000364. The Bertz CT molecular complexity index is 738. The Morgan fingerprint density at radius 3 is 2.48 bits per heavy atom. The van der Waals surface area contributed by atoms with E-state index in [1.54, 1.807) is 41.8 Å². The van der Waals surface area contributed by atoms with Gasteiger partial charge in [-0.15, -0.1) is 11.3 Å². The van der Waals surface area contributed by atoms with Crippen LogP contribution in [0.2, 0.25) is 5.02 Å². The van der Waals surface area contributed by atoms with Gasteiger partial charge < -0.3 is 19.5 Å². The predicted molar refractivity (Wildman–Crippen MR) is 103 cm³/mol. The molecule has 140 valence electrons. The summed E-state index contributed by atoms with van der Waals surface area (Å²) in [5.74, 6) is -0.579. The van der Waals surface area contributed by atoms with Crippen LogP contribution in [0.5, 0.6) is 5.75 Å². The van der Waals surface area contributed by atoms with Crippen molar-refractivity contribution in [2.75, 3.05) is 13.3 Å². The maximum absolute atomic E-state index is 11.6. The number of thiophene rings is 1. The quantitative estimate of drug-likeness (QED) is 0.232. The fraction of sp³-hybridized carbons (Fsp3) is 0.235. The van der Waals surface area contributed by atoms with Crippen LogP contribution in [-0.4, -0.2) is 60.9 Å². The van der Waals surface area contributed by atoms with Crippen LogP contribution in [0, 0.1) is 0 Å². The molecule has 1 amide bonds. The van der Waals surface area contributed by atoms with E-state index < -0.39 is 24.8 Å². The average molecular weight is 422 g/mol. The van der Waals surface area contributed by atoms with Crippen molar-refractivity contribution in [2.24, 2.45) is 0 Å². The van der Waals surface area contributed by atoms with Crippen molar-refractivity contribution < 1.29 is 28.6 Å². The van der Waals surface area contributed by atoms with E-state index in [4.69, 9.17) is 25.8 Å². The van der Waals surface area contributed by atoms with Crippen LogP contribution in [0.4, 0.5) is 4.79 Å². The van der Waals surface area contributed by atoms with Gasteiger partial charge in [-0.2, -0.15) is 0 Å². The molecule has 1 heterocycles. The van der Waals surface area contributed by atoms with Gasteiger partial charge >= 0.3 is 47.6 Å². The molecule has 2 rings (SSSR count). The molecule has 1 N–H and O–H groups in total. The first-order valence-electron chi connectivity index (χ1n) is 7.62. The summed E-state index contributed by atoms with van der Waals surface area (Å²) in [5, 5.41) is 4.73. The fourth-order valence-corrected chi connectivity index (χ4v) is 2.50. The third kappa shape index (κ3) is 9.25. The molecule has 0 aliphatic rings. The van der Waals surface area contributed by atoms with Crippen LogP contribution in [-0.2, 0) is 14.3 Å². The third-order valence-electron chi connectivity index (χ3n) is 2.97. The van der Waals surface area contributed by atoms with Crippen molar-refractivity contribution in [3.63, 3.8) is 0 Å². The van der Waals surface area contributed by atoms with Crippen molar-refractivity contribution in [1.29, 1.82) is 0 Å². The van der Waals surface area contributed by atoms with Crippen molar-refractivity contribution in [3.8, 4) is 5.75 Å². The summed E-state index contributed by atoms with van der Waals surface area (Å²) in [5.41, 5.74) is 0. The van der Waals surface area contributed by atoms with E-state index in [0.717, 1.165) is 0 Å². The topological polar surface area (TPSA) is 90.9 Å². The minimum atomic E-state index is -0.741. The van der Waals surface area contributed by atoms with Crippen molar-refractivity contribution in [1.82, 2.24) is 5.32 Å². The number of benzene rings is 1. The Morgan fingerprint density at radius 2 is 1.81 bits per heavy atom. The molecule has 2 aromatic rings. The summed E-state index contributed by atoms with van der Waals surface area (Å²) in [6.45, 7) is -0.269. The molecule has 0 unspecified atom stereocenters. The monoisotopic (exact) mass is 421 g/mol. The van der Waals surface area contributed by atoms with E-state index >= 15 is 0 Å². The van der Waals surface area contributed by atoms with E-state index in [2.05, 4.69) is 5.32 Å². The van der Waals surface area contributed by atoms with Gasteiger partial charge in [-0.25, -0.2) is 9.59 Å². The van der Waals surface area contributed by atoms with E-state index in [1.165, 1.54) is 11.3 Å². The summed E-state index contributed by atoms with van der Waals surface area (Å²) < 4.78 is 14.6. The maximum atomic E-state index is 11.6. The predicted octanol–water partition coefficient (Wildman–Crippen LogP) is 2.98. The summed E-state index contributed by atoms with van der Waals surface area (Å²) in [4.78, 5) is 35.0. The number of esters is 2. The summed E-state index contributed by atoms with van der Waals surface area (Å²) >= 11 is 6.97. The average Bonchev–Trinajstić information content (AvgIpc) is 3.15. The number of carbonyl (C=O) groups is 3. The molecule has 0 atom stereocenters. The Kier molecular flexibility index (Phi) is 11.1. The summed E-state index contributed by atoms with van der Waals surface area (Å²) in [6, 6.07) is 9.74. The first-order chi connectivity index (χ1) is 12.5. The number of rotatable bonds is 8. The zero-order chi connectivity index (χ0) is 18.8. The molecule has 0 bridgehead atoms. The standard InChI is InChI=1S/C17H16ClNO6S.Na.H/c18-12-5-7-13(8-6-12)25-15(20)4-1-9-19-17(22)24-11-23-16(21)14-3-2-10-26-14;;/h2-3,5-8,10H,1,4,9,11H2,(H,19,22);;. The van der Waals surface area contributed by atoms with Gasteiger partial charge in [0, 0.05) is 18.0 Å². The molecular formula is C17H17ClNNaO6S. The van der Waals surface area contributed by atoms with Crippen molar-refractivity contribution in [2.45, 2.75) is 12.8 Å². The van der Waals surface area contributed by atoms with E-state index in [1.807, 2.05) is 0 Å². The molecule has 7 nitrogen and oxygen atoms in total. The molecule has 0 aliphatic heterocycles. The molecule has 1 aromatic heterocycles. The molecule has 0 fully saturated rings. The molecule has 0 aliphatic carbocycles. The van der Waals surface area contributed by atoms with Gasteiger partial charge in [0.25, 0.3) is 0 Å². The number of nitrogens with one attached hydrogen (secondary N) is 1. The first-order valence-corrected chi connectivity index (χ1v) is 8.88. The number of halogens is 1. The zero-order valence-electron chi connectivity index (χ0n) is 13.6. The van der Waals surface area contributed by atoms with E-state index in [-0.39, 0.29) is 42.5 Å². The number of hydrogen-bond donors (Lipinski definition) is 1. The van der Waals surface area contributed by atoms with Gasteiger partial charge in [-0.1, -0.05) is 17.7 Å². The molecular weight excluding hydrogens is 405 g/mol. The second-order valence-electron chi connectivity index (χ2n) is 4.92. The van der Waals surface area contributed by atoms with Crippen LogP contribution in [0.25, 0.3) is 0 Å². The summed E-state index contributed by atoms with van der Waals surface area (Å²) in [7, 11) is 0. The number of alkyl carbamates (subject to hydrolysis) is 1. The van der Waals surface area contributed by atoms with E-state index in [0.29, 0.717) is 22.1 Å². The van der Waals surface area contributed by atoms with Crippen molar-refractivity contribution in [3.05, 3.63) is 51.7 Å². The fourth-order valence-electron chi connectivity index (χ4n) is 1.76. The van der Waals surface area contributed by atoms with Crippen LogP contribution < -0.4 is 10.1 Å². The van der Waals surface area contributed by atoms with Gasteiger partial charge in [-0.05, 0) is 42.1 Å². The zero-order valence-corrected chi connectivity index (χ0v) is 15.2.